The molecular formula is C42H48N10O5. The fourth-order valence-electron chi connectivity index (χ4n) is 8.76. The summed E-state index contributed by atoms with van der Waals surface area (Å²) in [4.78, 5) is 56.6. The van der Waals surface area contributed by atoms with E-state index in [0.717, 1.165) is 66.6 Å². The monoisotopic (exact) mass is 772 g/mol. The number of hydrogen-bond acceptors (Lipinski definition) is 9. The minimum atomic E-state index is -0.627. The summed E-state index contributed by atoms with van der Waals surface area (Å²) < 4.78 is 10.7. The van der Waals surface area contributed by atoms with Crippen molar-refractivity contribution in [3.8, 4) is 5.75 Å². The number of imidazole rings is 2. The molecule has 4 fully saturated rings. The SMILES string of the molecule is Cn1c(=O)n(C2CCC(=O)NC2=O)c2ccc(C3CCN(CC4CCCCC4)CC3)cc21.O=C(Nc1cnc2cccnn12)c1cc2cn[nH]c2cc1OC1CC1. The number of anilines is 1. The molecule has 2 aromatic carbocycles. The first-order valence-electron chi connectivity index (χ1n) is 20.3. The Hall–Kier alpha value is -5.83. The average molecular weight is 773 g/mol. The number of ether oxygens (including phenoxy) is 1. The van der Waals surface area contributed by atoms with Crippen molar-refractivity contribution in [2.75, 3.05) is 25.0 Å². The van der Waals surface area contributed by atoms with E-state index in [4.69, 9.17) is 4.74 Å². The number of H-pyrrole nitrogens is 1. The fourth-order valence-corrected chi connectivity index (χ4v) is 8.76. The number of fused-ring (bicyclic) bond motifs is 3. The molecule has 2 saturated heterocycles. The van der Waals surface area contributed by atoms with Gasteiger partial charge in [-0.1, -0.05) is 25.3 Å². The maximum absolute atomic E-state index is 13.0. The van der Waals surface area contributed by atoms with Crippen LogP contribution < -0.4 is 21.1 Å². The highest BCUT2D eigenvalue weighted by Crippen LogP contribution is 2.34. The summed E-state index contributed by atoms with van der Waals surface area (Å²) in [6.07, 6.45) is 17.1. The van der Waals surface area contributed by atoms with E-state index < -0.39 is 6.04 Å². The van der Waals surface area contributed by atoms with Crippen molar-refractivity contribution in [1.82, 2.24) is 44.1 Å². The number of carbonyl (C=O) groups is 3. The van der Waals surface area contributed by atoms with Crippen molar-refractivity contribution in [3.63, 3.8) is 0 Å². The van der Waals surface area contributed by atoms with E-state index in [9.17, 15) is 19.2 Å². The van der Waals surface area contributed by atoms with Crippen molar-refractivity contribution >= 4 is 51.1 Å². The van der Waals surface area contributed by atoms with Gasteiger partial charge >= 0.3 is 5.69 Å². The van der Waals surface area contributed by atoms with E-state index >= 15 is 0 Å². The Labute approximate surface area is 328 Å². The summed E-state index contributed by atoms with van der Waals surface area (Å²) in [7, 11) is 1.77. The lowest BCUT2D eigenvalue weighted by molar-refractivity contribution is -0.135. The van der Waals surface area contributed by atoms with Gasteiger partial charge in [0.1, 0.15) is 11.8 Å². The molecule has 57 heavy (non-hydrogen) atoms. The predicted molar refractivity (Wildman–Crippen MR) is 214 cm³/mol. The number of nitrogens with zero attached hydrogens (tertiary/aromatic N) is 7. The summed E-state index contributed by atoms with van der Waals surface area (Å²) in [5.41, 5.74) is 4.68. The number of carbonyl (C=O) groups excluding carboxylic acids is 3. The van der Waals surface area contributed by atoms with Crippen LogP contribution in [0.4, 0.5) is 5.82 Å². The molecule has 15 nitrogen and oxygen atoms in total. The highest BCUT2D eigenvalue weighted by atomic mass is 16.5. The van der Waals surface area contributed by atoms with Gasteiger partial charge in [-0.25, -0.2) is 9.78 Å². The highest BCUT2D eigenvalue weighted by Gasteiger charge is 2.32. The molecule has 1 unspecified atom stereocenters. The second-order valence-electron chi connectivity index (χ2n) is 16.0. The average Bonchev–Trinajstić information content (AvgIpc) is 3.67. The van der Waals surface area contributed by atoms with Crippen LogP contribution >= 0.6 is 0 Å². The summed E-state index contributed by atoms with van der Waals surface area (Å²) in [6, 6.07) is 12.9. The molecule has 0 bridgehead atoms. The topological polar surface area (TPSA) is 174 Å². The van der Waals surface area contributed by atoms with Crippen LogP contribution in [0.1, 0.15) is 98.5 Å². The Morgan fingerprint density at radius 3 is 2.54 bits per heavy atom. The molecule has 6 heterocycles. The molecule has 6 aromatic rings. The third kappa shape index (κ3) is 7.67. The van der Waals surface area contributed by atoms with Crippen molar-refractivity contribution in [2.45, 2.75) is 88.7 Å². The lowest BCUT2D eigenvalue weighted by atomic mass is 9.86. The Morgan fingerprint density at radius 2 is 1.75 bits per heavy atom. The number of amides is 3. The normalized spacial score (nSPS) is 19.8. The number of rotatable bonds is 8. The number of benzene rings is 2. The molecule has 3 amide bonds. The second kappa shape index (κ2) is 15.6. The van der Waals surface area contributed by atoms with Crippen LogP contribution in [0.2, 0.25) is 0 Å². The first-order valence-corrected chi connectivity index (χ1v) is 20.3. The number of piperidine rings is 2. The molecule has 1 atom stereocenters. The zero-order chi connectivity index (χ0) is 39.0. The Morgan fingerprint density at radius 1 is 0.930 bits per heavy atom. The van der Waals surface area contributed by atoms with Gasteiger partial charge in [0.25, 0.3) is 5.91 Å². The zero-order valence-electron chi connectivity index (χ0n) is 32.2. The first-order chi connectivity index (χ1) is 27.8. The molecule has 3 N–H and O–H groups in total. The van der Waals surface area contributed by atoms with Crippen molar-refractivity contribution in [1.29, 1.82) is 0 Å². The third-order valence-electron chi connectivity index (χ3n) is 12.1. The molecule has 2 aliphatic heterocycles. The van der Waals surface area contributed by atoms with E-state index in [2.05, 4.69) is 47.9 Å². The summed E-state index contributed by atoms with van der Waals surface area (Å²) >= 11 is 0. The van der Waals surface area contributed by atoms with Gasteiger partial charge in [0.05, 0.1) is 40.6 Å². The predicted octanol–water partition coefficient (Wildman–Crippen LogP) is 5.48. The summed E-state index contributed by atoms with van der Waals surface area (Å²) in [5.74, 6) is 1.53. The van der Waals surface area contributed by atoms with Crippen molar-refractivity contribution in [3.05, 3.63) is 82.7 Å². The van der Waals surface area contributed by atoms with Gasteiger partial charge in [-0.05, 0) is 106 Å². The van der Waals surface area contributed by atoms with Crippen LogP contribution in [0, 0.1) is 5.92 Å². The fraction of sp³-hybridized carbons (Fsp3) is 0.452. The lowest BCUT2D eigenvalue weighted by Gasteiger charge is -2.35. The lowest BCUT2D eigenvalue weighted by Crippen LogP contribution is -2.44. The number of nitrogens with one attached hydrogen (secondary N) is 3. The molecule has 10 rings (SSSR count). The molecule has 0 spiro atoms. The smallest absolute Gasteiger partial charge is 0.329 e. The van der Waals surface area contributed by atoms with Gasteiger partial charge in [0, 0.05) is 37.7 Å². The van der Waals surface area contributed by atoms with Gasteiger partial charge in [-0.3, -0.25) is 33.9 Å². The Balaban J connectivity index is 0.000000153. The molecule has 296 valence electrons. The minimum absolute atomic E-state index is 0.185. The maximum atomic E-state index is 13.0. The molecule has 15 heteroatoms. The van der Waals surface area contributed by atoms with Crippen LogP contribution in [0.3, 0.4) is 0 Å². The van der Waals surface area contributed by atoms with Crippen LogP contribution in [0.15, 0.2) is 65.8 Å². The number of aryl methyl sites for hydroxylation is 1. The first kappa shape index (κ1) is 36.8. The molecular weight excluding hydrogens is 725 g/mol. The quantitative estimate of drug-likeness (QED) is 0.170. The molecule has 0 radical (unpaired) electrons. The summed E-state index contributed by atoms with van der Waals surface area (Å²) in [6.45, 7) is 3.56. The van der Waals surface area contributed by atoms with E-state index in [1.165, 1.54) is 44.2 Å². The van der Waals surface area contributed by atoms with Crippen LogP contribution in [-0.4, -0.2) is 82.3 Å². The van der Waals surface area contributed by atoms with Gasteiger partial charge in [-0.15, -0.1) is 0 Å². The number of aromatic amines is 1. The van der Waals surface area contributed by atoms with E-state index in [1.807, 2.05) is 18.2 Å². The van der Waals surface area contributed by atoms with Gasteiger partial charge in [0.2, 0.25) is 11.8 Å². The van der Waals surface area contributed by atoms with E-state index in [1.54, 1.807) is 51.4 Å². The number of aromatic nitrogens is 7. The van der Waals surface area contributed by atoms with Crippen LogP contribution in [0.25, 0.3) is 27.6 Å². The van der Waals surface area contributed by atoms with Crippen LogP contribution in [-0.2, 0) is 16.6 Å². The summed E-state index contributed by atoms with van der Waals surface area (Å²) in [5, 5.41) is 17.2. The third-order valence-corrected chi connectivity index (χ3v) is 12.1. The van der Waals surface area contributed by atoms with Crippen molar-refractivity contribution < 1.29 is 19.1 Å². The molecule has 2 saturated carbocycles. The molecule has 2 aliphatic carbocycles. The van der Waals surface area contributed by atoms with E-state index in [-0.39, 0.29) is 35.9 Å². The highest BCUT2D eigenvalue weighted by molar-refractivity contribution is 6.08. The number of hydrogen-bond donors (Lipinski definition) is 3. The standard InChI is InChI=1S/C25H34N4O3.C17H14N6O2/c1-27-22-15-19(18-11-13-28(14-12-18)16-17-5-3-2-4-6-17)7-8-20(22)29(25(27)32)21-9-10-23(30)26-24(21)31;24-17(21-16-9-18-15-2-1-5-20-23(15)16)12-6-10-8-19-22-13(10)7-14(12)25-11-3-4-11/h7-8,15,17-18,21H,2-6,9-14,16H2,1H3,(H,26,30,31);1-2,5-9,11H,3-4H2,(H,19,22)(H,21,24). The number of imide groups is 1. The zero-order valence-corrected chi connectivity index (χ0v) is 32.2. The minimum Gasteiger partial charge on any atom is -0.490 e. The Kier molecular flexibility index (Phi) is 10.1. The maximum Gasteiger partial charge on any atom is 0.329 e. The van der Waals surface area contributed by atoms with Crippen molar-refractivity contribution in [2.24, 2.45) is 13.0 Å². The van der Waals surface area contributed by atoms with Gasteiger partial charge < -0.3 is 15.0 Å². The van der Waals surface area contributed by atoms with E-state index in [0.29, 0.717) is 35.1 Å². The second-order valence-corrected chi connectivity index (χ2v) is 16.0. The van der Waals surface area contributed by atoms with Crippen LogP contribution in [0.5, 0.6) is 5.75 Å². The number of likely N-dealkylation sites (tertiary alicyclic amines) is 1. The van der Waals surface area contributed by atoms with Gasteiger partial charge in [0.15, 0.2) is 11.5 Å². The Bertz CT molecular complexity index is 2510. The molecule has 4 aliphatic rings. The largest absolute Gasteiger partial charge is 0.490 e. The molecule has 4 aromatic heterocycles. The van der Waals surface area contributed by atoms with Gasteiger partial charge in [-0.2, -0.15) is 14.7 Å².